The average Bonchev–Trinajstić information content (AvgIpc) is 2.23. The molecule has 0 amide bonds. The Morgan fingerprint density at radius 1 is 1.17 bits per heavy atom. The molecule has 18 heavy (non-hydrogen) atoms. The minimum atomic E-state index is -2.96. The van der Waals surface area contributed by atoms with Gasteiger partial charge in [-0.15, -0.1) is 0 Å². The summed E-state index contributed by atoms with van der Waals surface area (Å²) in [4.78, 5) is 0. The van der Waals surface area contributed by atoms with Crippen LogP contribution in [0.2, 0.25) is 0 Å². The molecule has 0 aliphatic rings. The number of rotatable bonds is 6. The summed E-state index contributed by atoms with van der Waals surface area (Å²) in [6, 6.07) is 8.24. The summed E-state index contributed by atoms with van der Waals surface area (Å²) in [6.07, 6.45) is 2.28. The lowest BCUT2D eigenvalue weighted by atomic mass is 9.86. The summed E-state index contributed by atoms with van der Waals surface area (Å²) in [6.45, 7) is 4.89. The molecule has 0 atom stereocenters. The molecular formula is C14H23NO2S. The third-order valence-corrected chi connectivity index (χ3v) is 4.27. The van der Waals surface area contributed by atoms with Crippen molar-refractivity contribution >= 4 is 9.84 Å². The second kappa shape index (κ2) is 5.85. The van der Waals surface area contributed by atoms with Crippen LogP contribution in [0.4, 0.5) is 0 Å². The van der Waals surface area contributed by atoms with Crippen LogP contribution in [-0.2, 0) is 21.7 Å². The first-order chi connectivity index (χ1) is 8.24. The Labute approximate surface area is 111 Å². The van der Waals surface area contributed by atoms with Crippen molar-refractivity contribution in [3.8, 4) is 0 Å². The minimum Gasteiger partial charge on any atom is -0.319 e. The van der Waals surface area contributed by atoms with E-state index < -0.39 is 9.84 Å². The number of hydrogen-bond acceptors (Lipinski definition) is 3. The molecule has 0 fully saturated rings. The van der Waals surface area contributed by atoms with Crippen molar-refractivity contribution in [2.24, 2.45) is 0 Å². The number of hydrogen-bond donors (Lipinski definition) is 1. The zero-order valence-corrected chi connectivity index (χ0v) is 12.5. The molecule has 0 saturated carbocycles. The average molecular weight is 269 g/mol. The Morgan fingerprint density at radius 3 is 2.17 bits per heavy atom. The Hall–Kier alpha value is -0.870. The highest BCUT2D eigenvalue weighted by molar-refractivity contribution is 7.90. The lowest BCUT2D eigenvalue weighted by molar-refractivity contribution is 0.552. The van der Waals surface area contributed by atoms with Gasteiger partial charge in [-0.2, -0.15) is 0 Å². The van der Waals surface area contributed by atoms with Crippen molar-refractivity contribution in [3.05, 3.63) is 35.4 Å². The smallest absolute Gasteiger partial charge is 0.148 e. The number of benzene rings is 1. The molecule has 0 saturated heterocycles. The van der Waals surface area contributed by atoms with Gasteiger partial charge < -0.3 is 5.32 Å². The van der Waals surface area contributed by atoms with Crippen LogP contribution in [0.25, 0.3) is 0 Å². The van der Waals surface area contributed by atoms with Crippen molar-refractivity contribution in [2.45, 2.75) is 25.7 Å². The summed E-state index contributed by atoms with van der Waals surface area (Å²) in [5.74, 6) is 0.176. The van der Waals surface area contributed by atoms with Crippen molar-refractivity contribution < 1.29 is 8.42 Å². The highest BCUT2D eigenvalue weighted by atomic mass is 32.2. The molecule has 0 heterocycles. The van der Waals surface area contributed by atoms with Gasteiger partial charge in [0.15, 0.2) is 0 Å². The van der Waals surface area contributed by atoms with Crippen LogP contribution < -0.4 is 5.32 Å². The molecule has 3 nitrogen and oxygen atoms in total. The fourth-order valence-corrected chi connectivity index (χ4v) is 3.61. The summed E-state index contributed by atoms with van der Waals surface area (Å²) < 4.78 is 22.8. The highest BCUT2D eigenvalue weighted by Gasteiger charge is 2.25. The van der Waals surface area contributed by atoms with E-state index in [1.54, 1.807) is 0 Å². The molecule has 0 spiro atoms. The first kappa shape index (κ1) is 15.2. The monoisotopic (exact) mass is 269 g/mol. The van der Waals surface area contributed by atoms with Gasteiger partial charge >= 0.3 is 0 Å². The van der Waals surface area contributed by atoms with Crippen molar-refractivity contribution in [2.75, 3.05) is 25.6 Å². The molecule has 0 bridgehead atoms. The fourth-order valence-electron chi connectivity index (χ4n) is 2.13. The van der Waals surface area contributed by atoms with Crippen LogP contribution in [0.5, 0.6) is 0 Å². The van der Waals surface area contributed by atoms with Gasteiger partial charge in [0.2, 0.25) is 0 Å². The van der Waals surface area contributed by atoms with Gasteiger partial charge in [-0.25, -0.2) is 8.42 Å². The predicted octanol–water partition coefficient (Wildman–Crippen LogP) is 1.77. The zero-order chi connectivity index (χ0) is 13.8. The molecular weight excluding hydrogens is 246 g/mol. The molecule has 0 aliphatic heterocycles. The summed E-state index contributed by atoms with van der Waals surface area (Å²) >= 11 is 0. The van der Waals surface area contributed by atoms with E-state index in [0.717, 1.165) is 18.5 Å². The largest absolute Gasteiger partial charge is 0.319 e. The summed E-state index contributed by atoms with van der Waals surface area (Å²) in [7, 11) is -1.03. The van der Waals surface area contributed by atoms with E-state index in [-0.39, 0.29) is 11.2 Å². The first-order valence-electron chi connectivity index (χ1n) is 6.16. The maximum Gasteiger partial charge on any atom is 0.148 e. The second-order valence-corrected chi connectivity index (χ2v) is 7.64. The molecule has 1 rings (SSSR count). The first-order valence-corrected chi connectivity index (χ1v) is 8.22. The molecule has 0 aromatic heterocycles. The molecule has 102 valence electrons. The van der Waals surface area contributed by atoms with Crippen molar-refractivity contribution in [1.82, 2.24) is 5.32 Å². The van der Waals surface area contributed by atoms with Gasteiger partial charge in [0.25, 0.3) is 0 Å². The van der Waals surface area contributed by atoms with Crippen LogP contribution in [0.1, 0.15) is 25.0 Å². The van der Waals surface area contributed by atoms with Crippen molar-refractivity contribution in [1.29, 1.82) is 0 Å². The third kappa shape index (κ3) is 4.78. The standard InChI is InChI=1S/C14H23NO2S/c1-14(2,11-18(4,16)17)13-7-5-12(6-8-13)9-10-15-3/h5-8,15H,9-11H2,1-4H3. The Morgan fingerprint density at radius 2 is 1.72 bits per heavy atom. The van der Waals surface area contributed by atoms with Gasteiger partial charge in [-0.05, 0) is 31.1 Å². The van der Waals surface area contributed by atoms with E-state index in [1.807, 2.05) is 33.0 Å². The fraction of sp³-hybridized carbons (Fsp3) is 0.571. The van der Waals surface area contributed by atoms with E-state index in [9.17, 15) is 8.42 Å². The molecule has 1 aromatic carbocycles. The third-order valence-electron chi connectivity index (χ3n) is 3.02. The van der Waals surface area contributed by atoms with Crippen LogP contribution in [0.3, 0.4) is 0 Å². The number of nitrogens with one attached hydrogen (secondary N) is 1. The van der Waals surface area contributed by atoms with E-state index in [4.69, 9.17) is 0 Å². The zero-order valence-electron chi connectivity index (χ0n) is 11.7. The van der Waals surface area contributed by atoms with Crippen LogP contribution in [0, 0.1) is 0 Å². The maximum absolute atomic E-state index is 11.4. The maximum atomic E-state index is 11.4. The number of likely N-dealkylation sites (N-methyl/N-ethyl adjacent to an activating group) is 1. The molecule has 1 aromatic rings. The van der Waals surface area contributed by atoms with Crippen LogP contribution in [-0.4, -0.2) is 34.0 Å². The van der Waals surface area contributed by atoms with Crippen LogP contribution in [0.15, 0.2) is 24.3 Å². The Balaban J connectivity index is 2.83. The van der Waals surface area contributed by atoms with Gasteiger partial charge in [0, 0.05) is 11.7 Å². The summed E-state index contributed by atoms with van der Waals surface area (Å²) in [5, 5.41) is 3.11. The Bertz CT molecular complexity index is 475. The molecule has 0 radical (unpaired) electrons. The predicted molar refractivity (Wildman–Crippen MR) is 76.8 cm³/mol. The van der Waals surface area contributed by atoms with E-state index >= 15 is 0 Å². The van der Waals surface area contributed by atoms with Gasteiger partial charge in [0.05, 0.1) is 5.75 Å². The second-order valence-electron chi connectivity index (χ2n) is 5.50. The number of sulfone groups is 1. The lowest BCUT2D eigenvalue weighted by Crippen LogP contribution is -2.27. The van der Waals surface area contributed by atoms with Crippen LogP contribution >= 0.6 is 0 Å². The van der Waals surface area contributed by atoms with Crippen molar-refractivity contribution in [3.63, 3.8) is 0 Å². The topological polar surface area (TPSA) is 46.2 Å². The van der Waals surface area contributed by atoms with E-state index in [2.05, 4.69) is 17.4 Å². The highest BCUT2D eigenvalue weighted by Crippen LogP contribution is 2.25. The van der Waals surface area contributed by atoms with Gasteiger partial charge in [-0.1, -0.05) is 38.1 Å². The SMILES string of the molecule is CNCCc1ccc(C(C)(C)CS(C)(=O)=O)cc1. The van der Waals surface area contributed by atoms with E-state index in [1.165, 1.54) is 11.8 Å². The quantitative estimate of drug-likeness (QED) is 0.856. The molecule has 4 heteroatoms. The molecule has 0 unspecified atom stereocenters. The van der Waals surface area contributed by atoms with E-state index in [0.29, 0.717) is 0 Å². The minimum absolute atomic E-state index is 0.176. The lowest BCUT2D eigenvalue weighted by Gasteiger charge is -2.24. The molecule has 1 N–H and O–H groups in total. The molecule has 0 aliphatic carbocycles. The normalized spacial score (nSPS) is 12.7. The van der Waals surface area contributed by atoms with Gasteiger partial charge in [0.1, 0.15) is 9.84 Å². The van der Waals surface area contributed by atoms with Gasteiger partial charge in [-0.3, -0.25) is 0 Å². The Kier molecular flexibility index (Phi) is 4.93. The summed E-state index contributed by atoms with van der Waals surface area (Å²) in [5.41, 5.74) is 2.00.